The van der Waals surface area contributed by atoms with Gasteiger partial charge in [-0.05, 0) is 37.9 Å². The number of aryl methyl sites for hydroxylation is 2. The molecule has 1 nitrogen and oxygen atoms in total. The van der Waals surface area contributed by atoms with Gasteiger partial charge in [0.05, 0.1) is 0 Å². The fourth-order valence-electron chi connectivity index (χ4n) is 2.25. The Labute approximate surface area is 90.7 Å². The Morgan fingerprint density at radius 3 is 2.80 bits per heavy atom. The number of alkyl halides is 1. The van der Waals surface area contributed by atoms with Gasteiger partial charge in [-0.1, -0.05) is 23.8 Å². The maximum Gasteiger partial charge on any atom is 0.128 e. The Hall–Kier alpha value is -0.890. The Bertz CT molecular complexity index is 354. The SMILES string of the molecule is Cc1ccc(CC2(F)CCNC2)c(C)c1. The van der Waals surface area contributed by atoms with E-state index in [-0.39, 0.29) is 0 Å². The zero-order valence-electron chi connectivity index (χ0n) is 9.44. The largest absolute Gasteiger partial charge is 0.313 e. The molecule has 0 radical (unpaired) electrons. The van der Waals surface area contributed by atoms with Crippen LogP contribution in [0.2, 0.25) is 0 Å². The van der Waals surface area contributed by atoms with Gasteiger partial charge in [-0.15, -0.1) is 0 Å². The molecule has 0 saturated carbocycles. The fraction of sp³-hybridized carbons (Fsp3) is 0.538. The molecule has 0 aliphatic carbocycles. The Balaban J connectivity index is 2.16. The van der Waals surface area contributed by atoms with E-state index in [1.54, 1.807) is 0 Å². The highest BCUT2D eigenvalue weighted by molar-refractivity contribution is 5.31. The fourth-order valence-corrected chi connectivity index (χ4v) is 2.25. The first kappa shape index (κ1) is 10.6. The number of hydrogen-bond donors (Lipinski definition) is 1. The molecule has 0 aromatic heterocycles. The van der Waals surface area contributed by atoms with Crippen LogP contribution in [-0.2, 0) is 6.42 Å². The molecule has 15 heavy (non-hydrogen) atoms. The quantitative estimate of drug-likeness (QED) is 0.786. The summed E-state index contributed by atoms with van der Waals surface area (Å²) in [5.41, 5.74) is 2.57. The van der Waals surface area contributed by atoms with E-state index < -0.39 is 5.67 Å². The molecule has 1 saturated heterocycles. The molecule has 0 spiro atoms. The molecule has 1 N–H and O–H groups in total. The third-order valence-electron chi connectivity index (χ3n) is 3.20. The van der Waals surface area contributed by atoms with Crippen LogP contribution in [0.3, 0.4) is 0 Å². The van der Waals surface area contributed by atoms with Gasteiger partial charge >= 0.3 is 0 Å². The maximum absolute atomic E-state index is 14.2. The Kier molecular flexibility index (Phi) is 2.79. The number of benzene rings is 1. The standard InChI is InChI=1S/C13H18FN/c1-10-3-4-12(11(2)7-10)8-13(14)5-6-15-9-13/h3-4,7,15H,5-6,8-9H2,1-2H3. The van der Waals surface area contributed by atoms with Crippen LogP contribution in [0.25, 0.3) is 0 Å². The van der Waals surface area contributed by atoms with Gasteiger partial charge in [0.25, 0.3) is 0 Å². The Morgan fingerprint density at radius 1 is 1.40 bits per heavy atom. The summed E-state index contributed by atoms with van der Waals surface area (Å²) in [6.45, 7) is 5.44. The van der Waals surface area contributed by atoms with Crippen LogP contribution in [0, 0.1) is 13.8 Å². The smallest absolute Gasteiger partial charge is 0.128 e. The second-order valence-electron chi connectivity index (χ2n) is 4.68. The number of hydrogen-bond acceptors (Lipinski definition) is 1. The van der Waals surface area contributed by atoms with Crippen molar-refractivity contribution < 1.29 is 4.39 Å². The van der Waals surface area contributed by atoms with Crippen molar-refractivity contribution in [3.63, 3.8) is 0 Å². The van der Waals surface area contributed by atoms with E-state index in [0.29, 0.717) is 19.4 Å². The van der Waals surface area contributed by atoms with Crippen LogP contribution in [-0.4, -0.2) is 18.8 Å². The summed E-state index contributed by atoms with van der Waals surface area (Å²) in [6.07, 6.45) is 1.19. The lowest BCUT2D eigenvalue weighted by Crippen LogP contribution is -2.28. The molecule has 82 valence electrons. The van der Waals surface area contributed by atoms with Gasteiger partial charge in [0.1, 0.15) is 5.67 Å². The summed E-state index contributed by atoms with van der Waals surface area (Å²) in [6, 6.07) is 6.25. The number of nitrogens with one attached hydrogen (secondary N) is 1. The van der Waals surface area contributed by atoms with Crippen LogP contribution >= 0.6 is 0 Å². The van der Waals surface area contributed by atoms with Crippen LogP contribution in [0.4, 0.5) is 4.39 Å². The molecule has 1 unspecified atom stereocenters. The normalized spacial score (nSPS) is 25.8. The van der Waals surface area contributed by atoms with E-state index >= 15 is 0 Å². The van der Waals surface area contributed by atoms with Crippen molar-refractivity contribution >= 4 is 0 Å². The van der Waals surface area contributed by atoms with E-state index in [9.17, 15) is 4.39 Å². The summed E-state index contributed by atoms with van der Waals surface area (Å²) < 4.78 is 14.2. The summed E-state index contributed by atoms with van der Waals surface area (Å²) in [5, 5.41) is 3.09. The molecule has 1 atom stereocenters. The maximum atomic E-state index is 14.2. The predicted octanol–water partition coefficient (Wildman–Crippen LogP) is 2.55. The lowest BCUT2D eigenvalue weighted by atomic mass is 9.92. The van der Waals surface area contributed by atoms with Gasteiger partial charge in [-0.3, -0.25) is 0 Å². The molecule has 1 aromatic rings. The Morgan fingerprint density at radius 2 is 2.20 bits per heavy atom. The van der Waals surface area contributed by atoms with E-state index in [4.69, 9.17) is 0 Å². The zero-order chi connectivity index (χ0) is 10.9. The minimum absolute atomic E-state index is 0.500. The third-order valence-corrected chi connectivity index (χ3v) is 3.20. The molecular formula is C13H18FN. The van der Waals surface area contributed by atoms with Gasteiger partial charge in [0.15, 0.2) is 0 Å². The van der Waals surface area contributed by atoms with E-state index in [2.05, 4.69) is 37.4 Å². The molecule has 0 amide bonds. The first-order valence-corrected chi connectivity index (χ1v) is 5.55. The second-order valence-corrected chi connectivity index (χ2v) is 4.68. The van der Waals surface area contributed by atoms with Gasteiger partial charge in [-0.2, -0.15) is 0 Å². The van der Waals surface area contributed by atoms with E-state index in [0.717, 1.165) is 12.1 Å². The molecule has 1 fully saturated rings. The van der Waals surface area contributed by atoms with Crippen molar-refractivity contribution in [3.05, 3.63) is 34.9 Å². The van der Waals surface area contributed by atoms with Crippen LogP contribution in [0.5, 0.6) is 0 Å². The monoisotopic (exact) mass is 207 g/mol. The minimum atomic E-state index is -1.03. The van der Waals surface area contributed by atoms with Crippen LogP contribution in [0.15, 0.2) is 18.2 Å². The minimum Gasteiger partial charge on any atom is -0.313 e. The van der Waals surface area contributed by atoms with Crippen molar-refractivity contribution in [3.8, 4) is 0 Å². The van der Waals surface area contributed by atoms with Gasteiger partial charge in [0, 0.05) is 13.0 Å². The average Bonchev–Trinajstić information content (AvgIpc) is 2.58. The molecule has 1 aromatic carbocycles. The lowest BCUT2D eigenvalue weighted by molar-refractivity contribution is 0.190. The topological polar surface area (TPSA) is 12.0 Å². The summed E-state index contributed by atoms with van der Waals surface area (Å²) in [4.78, 5) is 0. The van der Waals surface area contributed by atoms with Crippen molar-refractivity contribution in [1.29, 1.82) is 0 Å². The number of halogens is 1. The molecule has 0 bridgehead atoms. The second kappa shape index (κ2) is 3.93. The van der Waals surface area contributed by atoms with Gasteiger partial charge < -0.3 is 5.32 Å². The van der Waals surface area contributed by atoms with E-state index in [1.165, 1.54) is 11.1 Å². The molecular weight excluding hydrogens is 189 g/mol. The summed E-state index contributed by atoms with van der Waals surface area (Å²) >= 11 is 0. The van der Waals surface area contributed by atoms with E-state index in [1.807, 2.05) is 0 Å². The number of rotatable bonds is 2. The molecule has 2 heteroatoms. The molecule has 1 heterocycles. The summed E-state index contributed by atoms with van der Waals surface area (Å²) in [7, 11) is 0. The first-order valence-electron chi connectivity index (χ1n) is 5.55. The molecule has 1 aliphatic rings. The van der Waals surface area contributed by atoms with Crippen LogP contribution < -0.4 is 5.32 Å². The summed E-state index contributed by atoms with van der Waals surface area (Å²) in [5.74, 6) is 0. The molecule has 1 aliphatic heterocycles. The average molecular weight is 207 g/mol. The zero-order valence-corrected chi connectivity index (χ0v) is 9.44. The molecule has 2 rings (SSSR count). The lowest BCUT2D eigenvalue weighted by Gasteiger charge is -2.19. The van der Waals surface area contributed by atoms with Crippen molar-refractivity contribution in [1.82, 2.24) is 5.32 Å². The predicted molar refractivity (Wildman–Crippen MR) is 60.9 cm³/mol. The highest BCUT2D eigenvalue weighted by Gasteiger charge is 2.33. The first-order chi connectivity index (χ1) is 7.09. The highest BCUT2D eigenvalue weighted by atomic mass is 19.1. The van der Waals surface area contributed by atoms with Gasteiger partial charge in [0.2, 0.25) is 0 Å². The van der Waals surface area contributed by atoms with Crippen molar-refractivity contribution in [2.75, 3.05) is 13.1 Å². The van der Waals surface area contributed by atoms with Crippen molar-refractivity contribution in [2.45, 2.75) is 32.4 Å². The van der Waals surface area contributed by atoms with Gasteiger partial charge in [-0.25, -0.2) is 4.39 Å². The third kappa shape index (κ3) is 2.37. The van der Waals surface area contributed by atoms with Crippen molar-refractivity contribution in [2.24, 2.45) is 0 Å². The highest BCUT2D eigenvalue weighted by Crippen LogP contribution is 2.26. The van der Waals surface area contributed by atoms with Crippen LogP contribution in [0.1, 0.15) is 23.1 Å².